The molecule has 2 aliphatic carbocycles. The Bertz CT molecular complexity index is 392. The maximum atomic E-state index is 5.77. The van der Waals surface area contributed by atoms with E-state index in [4.69, 9.17) is 7.85 Å². The first kappa shape index (κ1) is 18.7. The summed E-state index contributed by atoms with van der Waals surface area (Å²) >= 11 is 0. The molecule has 1 unspecified atom stereocenters. The molecular formula is C22H35B. The van der Waals surface area contributed by atoms with Crippen LogP contribution in [0.25, 0.3) is 0 Å². The fourth-order valence-corrected chi connectivity index (χ4v) is 4.31. The maximum absolute atomic E-state index is 5.77. The first-order chi connectivity index (χ1) is 11.3. The Kier molecular flexibility index (Phi) is 8.95. The Morgan fingerprint density at radius 1 is 0.870 bits per heavy atom. The highest BCUT2D eigenvalue weighted by Gasteiger charge is 2.32. The lowest BCUT2D eigenvalue weighted by atomic mass is 9.78. The molecule has 0 heterocycles. The first-order valence-corrected chi connectivity index (χ1v) is 10.2. The quantitative estimate of drug-likeness (QED) is 0.306. The van der Waals surface area contributed by atoms with Crippen molar-refractivity contribution in [3.05, 3.63) is 12.2 Å². The molecule has 0 amide bonds. The van der Waals surface area contributed by atoms with E-state index in [2.05, 4.69) is 24.0 Å². The Morgan fingerprint density at radius 3 is 2.17 bits per heavy atom. The summed E-state index contributed by atoms with van der Waals surface area (Å²) in [5.74, 6) is 7.50. The van der Waals surface area contributed by atoms with E-state index < -0.39 is 0 Å². The average Bonchev–Trinajstić information content (AvgIpc) is 3.00. The average molecular weight is 310 g/mol. The molecule has 1 heteroatoms. The Balaban J connectivity index is 1.98. The van der Waals surface area contributed by atoms with Gasteiger partial charge in [-0.3, -0.25) is 0 Å². The fraction of sp³-hybridized carbons (Fsp3) is 0.818. The van der Waals surface area contributed by atoms with Crippen molar-refractivity contribution in [3.8, 4) is 11.8 Å². The summed E-state index contributed by atoms with van der Waals surface area (Å²) in [6.07, 6.45) is 25.8. The third-order valence-corrected chi connectivity index (χ3v) is 5.84. The Hall–Kier alpha value is -0.635. The molecule has 23 heavy (non-hydrogen) atoms. The van der Waals surface area contributed by atoms with Gasteiger partial charge in [0.15, 0.2) is 0 Å². The van der Waals surface area contributed by atoms with Gasteiger partial charge in [0.1, 0.15) is 0 Å². The summed E-state index contributed by atoms with van der Waals surface area (Å²) in [6, 6.07) is 0. The van der Waals surface area contributed by atoms with Crippen LogP contribution in [0.5, 0.6) is 0 Å². The number of hydrogen-bond donors (Lipinski definition) is 0. The summed E-state index contributed by atoms with van der Waals surface area (Å²) in [5, 5.41) is 0. The van der Waals surface area contributed by atoms with Crippen molar-refractivity contribution < 1.29 is 0 Å². The van der Waals surface area contributed by atoms with Gasteiger partial charge < -0.3 is 0 Å². The van der Waals surface area contributed by atoms with Gasteiger partial charge in [-0.2, -0.15) is 0 Å². The van der Waals surface area contributed by atoms with Crippen LogP contribution < -0.4 is 0 Å². The predicted octanol–water partition coefficient (Wildman–Crippen LogP) is 6.61. The molecule has 0 bridgehead atoms. The van der Waals surface area contributed by atoms with E-state index >= 15 is 0 Å². The number of allylic oxidation sites excluding steroid dienone is 2. The van der Waals surface area contributed by atoms with Gasteiger partial charge in [-0.05, 0) is 43.9 Å². The summed E-state index contributed by atoms with van der Waals surface area (Å²) in [5.41, 5.74) is 0.557. The van der Waals surface area contributed by atoms with Crippen molar-refractivity contribution in [1.29, 1.82) is 0 Å². The van der Waals surface area contributed by atoms with E-state index in [1.54, 1.807) is 0 Å². The van der Waals surface area contributed by atoms with Gasteiger partial charge in [0.2, 0.25) is 0 Å². The van der Waals surface area contributed by atoms with Crippen molar-refractivity contribution in [1.82, 2.24) is 0 Å². The van der Waals surface area contributed by atoms with Crippen LogP contribution in [0.15, 0.2) is 12.2 Å². The molecule has 1 atom stereocenters. The lowest BCUT2D eigenvalue weighted by Gasteiger charge is -2.27. The van der Waals surface area contributed by atoms with Crippen molar-refractivity contribution in [3.63, 3.8) is 0 Å². The van der Waals surface area contributed by atoms with Crippen molar-refractivity contribution in [2.45, 2.75) is 103 Å². The predicted molar refractivity (Wildman–Crippen MR) is 103 cm³/mol. The molecule has 0 aromatic heterocycles. The highest BCUT2D eigenvalue weighted by atomic mass is 14.4. The van der Waals surface area contributed by atoms with Crippen LogP contribution in [-0.4, -0.2) is 7.85 Å². The third kappa shape index (κ3) is 7.20. The zero-order chi connectivity index (χ0) is 16.2. The Labute approximate surface area is 146 Å². The van der Waals surface area contributed by atoms with E-state index in [0.717, 1.165) is 19.2 Å². The molecule has 2 aliphatic rings. The third-order valence-electron chi connectivity index (χ3n) is 5.84. The zero-order valence-electron chi connectivity index (χ0n) is 15.1. The van der Waals surface area contributed by atoms with E-state index in [1.165, 1.54) is 83.5 Å². The normalized spacial score (nSPS) is 26.7. The highest BCUT2D eigenvalue weighted by molar-refractivity contribution is 6.08. The monoisotopic (exact) mass is 310 g/mol. The smallest absolute Gasteiger partial charge is 0.0653 e. The molecule has 0 aromatic carbocycles. The van der Waals surface area contributed by atoms with E-state index in [-0.39, 0.29) is 0 Å². The molecule has 2 rings (SSSR count). The molecule has 1 saturated carbocycles. The molecule has 1 spiro atoms. The Morgan fingerprint density at radius 2 is 1.48 bits per heavy atom. The molecule has 0 aliphatic heterocycles. The van der Waals surface area contributed by atoms with Gasteiger partial charge in [-0.25, -0.2) is 0 Å². The molecule has 0 nitrogen and oxygen atoms in total. The van der Waals surface area contributed by atoms with Gasteiger partial charge in [-0.1, -0.05) is 75.8 Å². The molecule has 2 radical (unpaired) electrons. The minimum atomic E-state index is 0.381. The number of hydrogen-bond acceptors (Lipinski definition) is 0. The second-order valence-corrected chi connectivity index (χ2v) is 7.83. The maximum Gasteiger partial charge on any atom is 0.0653 e. The second-order valence-electron chi connectivity index (χ2n) is 7.83. The minimum absolute atomic E-state index is 0.381. The summed E-state index contributed by atoms with van der Waals surface area (Å²) in [4.78, 5) is 0. The number of rotatable bonds is 2. The van der Waals surface area contributed by atoms with Crippen LogP contribution in [0.4, 0.5) is 0 Å². The molecule has 0 saturated heterocycles. The molecular weight excluding hydrogens is 275 g/mol. The molecule has 0 N–H and O–H groups in total. The van der Waals surface area contributed by atoms with Gasteiger partial charge in [0.05, 0.1) is 7.85 Å². The van der Waals surface area contributed by atoms with Crippen LogP contribution >= 0.6 is 0 Å². The standard InChI is InChI=1S/C22H35B/c23-20-15-21-13-8-6-4-2-1-3-5-7-9-16-22(19-12-14-21)17-10-11-18-22/h8,13,21H,1-7,9-11,15-20H2. The lowest BCUT2D eigenvalue weighted by Crippen LogP contribution is -2.15. The first-order valence-electron chi connectivity index (χ1n) is 10.2. The van der Waals surface area contributed by atoms with Crippen LogP contribution in [0.3, 0.4) is 0 Å². The van der Waals surface area contributed by atoms with Gasteiger partial charge in [-0.15, -0.1) is 5.92 Å². The SMILES string of the molecule is [B]CCC1C#CCC2(CCCCCCCCCC=C1)CCCC2. The summed E-state index contributed by atoms with van der Waals surface area (Å²) < 4.78 is 0. The summed E-state index contributed by atoms with van der Waals surface area (Å²) in [7, 11) is 5.77. The van der Waals surface area contributed by atoms with Crippen LogP contribution in [0, 0.1) is 23.2 Å². The molecule has 126 valence electrons. The van der Waals surface area contributed by atoms with Crippen LogP contribution in [0.2, 0.25) is 6.32 Å². The lowest BCUT2D eigenvalue weighted by molar-refractivity contribution is 0.267. The summed E-state index contributed by atoms with van der Waals surface area (Å²) in [6.45, 7) is 0. The van der Waals surface area contributed by atoms with E-state index in [1.807, 2.05) is 0 Å². The zero-order valence-corrected chi connectivity index (χ0v) is 15.1. The van der Waals surface area contributed by atoms with Crippen molar-refractivity contribution >= 4 is 7.85 Å². The van der Waals surface area contributed by atoms with E-state index in [0.29, 0.717) is 11.3 Å². The van der Waals surface area contributed by atoms with Gasteiger partial charge in [0, 0.05) is 12.3 Å². The topological polar surface area (TPSA) is 0 Å². The van der Waals surface area contributed by atoms with E-state index in [9.17, 15) is 0 Å². The minimum Gasteiger partial charge on any atom is -0.102 e. The highest BCUT2D eigenvalue weighted by Crippen LogP contribution is 2.45. The van der Waals surface area contributed by atoms with Gasteiger partial charge in [0.25, 0.3) is 0 Å². The fourth-order valence-electron chi connectivity index (χ4n) is 4.31. The van der Waals surface area contributed by atoms with Crippen molar-refractivity contribution in [2.24, 2.45) is 11.3 Å². The largest absolute Gasteiger partial charge is 0.102 e. The van der Waals surface area contributed by atoms with Gasteiger partial charge >= 0.3 is 0 Å². The van der Waals surface area contributed by atoms with Crippen molar-refractivity contribution in [2.75, 3.05) is 0 Å². The second kappa shape index (κ2) is 11.0. The molecule has 0 aromatic rings. The molecule has 1 fully saturated rings. The van der Waals surface area contributed by atoms with Crippen LogP contribution in [0.1, 0.15) is 96.3 Å². The van der Waals surface area contributed by atoms with Crippen LogP contribution in [-0.2, 0) is 0 Å².